The number of carbonyl (C=O) groups excluding carboxylic acids is 3. The molecule has 5 N–H and O–H groups in total. The summed E-state index contributed by atoms with van der Waals surface area (Å²) >= 11 is 0. The van der Waals surface area contributed by atoms with Gasteiger partial charge in [0.1, 0.15) is 11.6 Å². The summed E-state index contributed by atoms with van der Waals surface area (Å²) in [6, 6.07) is 6.86. The van der Waals surface area contributed by atoms with Crippen LogP contribution in [0.5, 0.6) is 5.75 Å². The summed E-state index contributed by atoms with van der Waals surface area (Å²) in [7, 11) is 1.48. The van der Waals surface area contributed by atoms with Crippen molar-refractivity contribution in [3.05, 3.63) is 40.2 Å². The second kappa shape index (κ2) is 8.69. The maximum absolute atomic E-state index is 13.0. The summed E-state index contributed by atoms with van der Waals surface area (Å²) in [6.45, 7) is 0.974. The smallest absolute Gasteiger partial charge is 0.258 e. The van der Waals surface area contributed by atoms with E-state index in [-0.39, 0.29) is 35.6 Å². The van der Waals surface area contributed by atoms with E-state index in [1.807, 2.05) is 4.90 Å². The first-order valence-electron chi connectivity index (χ1n) is 10.3. The van der Waals surface area contributed by atoms with Crippen molar-refractivity contribution in [2.24, 2.45) is 11.7 Å². The second-order valence-electron chi connectivity index (χ2n) is 7.81. The SMILES string of the molecule is COc1ccccc1NC(=O)[C@H]1CC(=O)Nc2nc(N3CCC(C(N)=O)CC3)[nH]c(=O)c21. The first-order valence-corrected chi connectivity index (χ1v) is 10.3. The Hall–Kier alpha value is -3.89. The quantitative estimate of drug-likeness (QED) is 0.528. The van der Waals surface area contributed by atoms with Gasteiger partial charge < -0.3 is 26.0 Å². The first kappa shape index (κ1) is 21.3. The number of aromatic nitrogens is 2. The summed E-state index contributed by atoms with van der Waals surface area (Å²) in [5.41, 5.74) is 5.42. The molecule has 0 saturated carbocycles. The van der Waals surface area contributed by atoms with Gasteiger partial charge >= 0.3 is 0 Å². The number of methoxy groups -OCH3 is 1. The summed E-state index contributed by atoms with van der Waals surface area (Å²) in [6.07, 6.45) is 0.918. The molecule has 0 bridgehead atoms. The molecular formula is C21H24N6O5. The van der Waals surface area contributed by atoms with Crippen LogP contribution in [0.25, 0.3) is 0 Å². The number of nitrogens with one attached hydrogen (secondary N) is 3. The van der Waals surface area contributed by atoms with Crippen molar-refractivity contribution in [2.75, 3.05) is 35.7 Å². The molecule has 2 aromatic rings. The number of carbonyl (C=O) groups is 3. The summed E-state index contributed by atoms with van der Waals surface area (Å²) in [5.74, 6) is -1.66. The van der Waals surface area contributed by atoms with E-state index in [9.17, 15) is 19.2 Å². The van der Waals surface area contributed by atoms with E-state index in [0.29, 0.717) is 37.4 Å². The first-order chi connectivity index (χ1) is 15.4. The standard InChI is InChI=1S/C21H24N6O5/c1-32-14-5-3-2-4-13(14)23-19(30)12-10-15(28)24-18-16(12)20(31)26-21(25-18)27-8-6-11(7-9-27)17(22)29/h2-5,11-12H,6-10H2,1H3,(H2,22,29)(H,23,30)(H2,24,25,26,28,31)/t12-/m0/s1. The molecule has 2 aliphatic rings. The average molecular weight is 440 g/mol. The fourth-order valence-corrected chi connectivity index (χ4v) is 4.08. The van der Waals surface area contributed by atoms with Crippen LogP contribution in [-0.2, 0) is 14.4 Å². The number of piperidine rings is 1. The number of fused-ring (bicyclic) bond motifs is 1. The molecule has 11 nitrogen and oxygen atoms in total. The van der Waals surface area contributed by atoms with E-state index in [1.165, 1.54) is 7.11 Å². The zero-order valence-electron chi connectivity index (χ0n) is 17.5. The third-order valence-electron chi connectivity index (χ3n) is 5.82. The molecule has 3 heterocycles. The van der Waals surface area contributed by atoms with Crippen LogP contribution >= 0.6 is 0 Å². The number of hydrogen-bond donors (Lipinski definition) is 4. The summed E-state index contributed by atoms with van der Waals surface area (Å²) < 4.78 is 5.24. The van der Waals surface area contributed by atoms with Crippen LogP contribution in [0.4, 0.5) is 17.5 Å². The largest absolute Gasteiger partial charge is 0.495 e. The Morgan fingerprint density at radius 2 is 1.94 bits per heavy atom. The Labute approximate surface area is 183 Å². The number of anilines is 3. The van der Waals surface area contributed by atoms with Gasteiger partial charge in [-0.1, -0.05) is 12.1 Å². The lowest BCUT2D eigenvalue weighted by atomic mass is 9.92. The van der Waals surface area contributed by atoms with Gasteiger partial charge in [-0.05, 0) is 25.0 Å². The van der Waals surface area contributed by atoms with Crippen LogP contribution in [-0.4, -0.2) is 47.9 Å². The Bertz CT molecular complexity index is 1120. The van der Waals surface area contributed by atoms with E-state index in [0.717, 1.165) is 0 Å². The minimum Gasteiger partial charge on any atom is -0.495 e. The topological polar surface area (TPSA) is 160 Å². The van der Waals surface area contributed by atoms with Crippen molar-refractivity contribution in [1.29, 1.82) is 0 Å². The zero-order valence-corrected chi connectivity index (χ0v) is 17.5. The van der Waals surface area contributed by atoms with Gasteiger partial charge in [0.15, 0.2) is 0 Å². The molecule has 1 atom stereocenters. The Morgan fingerprint density at radius 1 is 1.22 bits per heavy atom. The number of H-pyrrole nitrogens is 1. The van der Waals surface area contributed by atoms with Crippen LogP contribution in [0.2, 0.25) is 0 Å². The minimum atomic E-state index is -1.01. The Balaban J connectivity index is 1.60. The monoisotopic (exact) mass is 440 g/mol. The van der Waals surface area contributed by atoms with Crippen LogP contribution in [0, 0.1) is 5.92 Å². The van der Waals surface area contributed by atoms with Crippen molar-refractivity contribution < 1.29 is 19.1 Å². The molecule has 0 radical (unpaired) electrons. The molecule has 1 saturated heterocycles. The molecule has 3 amide bonds. The Morgan fingerprint density at radius 3 is 2.62 bits per heavy atom. The number of rotatable bonds is 5. The number of benzene rings is 1. The van der Waals surface area contributed by atoms with E-state index in [4.69, 9.17) is 10.5 Å². The fourth-order valence-electron chi connectivity index (χ4n) is 4.08. The molecule has 168 valence electrons. The van der Waals surface area contributed by atoms with Crippen LogP contribution in [0.15, 0.2) is 29.1 Å². The fraction of sp³-hybridized carbons (Fsp3) is 0.381. The van der Waals surface area contributed by atoms with Gasteiger partial charge in [-0.2, -0.15) is 4.98 Å². The number of hydrogen-bond acceptors (Lipinski definition) is 7. The lowest BCUT2D eigenvalue weighted by molar-refractivity contribution is -0.123. The Kier molecular flexibility index (Phi) is 5.80. The van der Waals surface area contributed by atoms with Crippen LogP contribution in [0.3, 0.4) is 0 Å². The number of nitrogens with zero attached hydrogens (tertiary/aromatic N) is 2. The number of para-hydroxylation sites is 2. The maximum Gasteiger partial charge on any atom is 0.258 e. The number of primary amides is 1. The van der Waals surface area contributed by atoms with Crippen LogP contribution in [0.1, 0.15) is 30.7 Å². The van der Waals surface area contributed by atoms with Crippen molar-refractivity contribution in [2.45, 2.75) is 25.2 Å². The highest BCUT2D eigenvalue weighted by Gasteiger charge is 2.36. The predicted octanol–water partition coefficient (Wildman–Crippen LogP) is 0.545. The van der Waals surface area contributed by atoms with Gasteiger partial charge in [0.05, 0.1) is 24.3 Å². The summed E-state index contributed by atoms with van der Waals surface area (Å²) in [5, 5.41) is 5.34. The van der Waals surface area contributed by atoms with Gasteiger partial charge in [-0.3, -0.25) is 24.2 Å². The van der Waals surface area contributed by atoms with Crippen molar-refractivity contribution in [1.82, 2.24) is 9.97 Å². The molecule has 32 heavy (non-hydrogen) atoms. The molecule has 1 aromatic carbocycles. The third-order valence-corrected chi connectivity index (χ3v) is 5.82. The van der Waals surface area contributed by atoms with Gasteiger partial charge in [0, 0.05) is 25.4 Å². The second-order valence-corrected chi connectivity index (χ2v) is 7.81. The lowest BCUT2D eigenvalue weighted by Gasteiger charge is -2.32. The molecule has 0 aliphatic carbocycles. The molecule has 1 aromatic heterocycles. The maximum atomic E-state index is 13.0. The number of nitrogens with two attached hydrogens (primary N) is 1. The molecule has 0 unspecified atom stereocenters. The highest BCUT2D eigenvalue weighted by molar-refractivity contribution is 6.05. The lowest BCUT2D eigenvalue weighted by Crippen LogP contribution is -2.41. The van der Waals surface area contributed by atoms with Crippen molar-refractivity contribution in [3.63, 3.8) is 0 Å². The highest BCUT2D eigenvalue weighted by Crippen LogP contribution is 2.32. The molecule has 4 rings (SSSR count). The van der Waals surface area contributed by atoms with Crippen molar-refractivity contribution >= 4 is 35.2 Å². The van der Waals surface area contributed by atoms with Gasteiger partial charge in [-0.15, -0.1) is 0 Å². The normalized spacial score (nSPS) is 18.5. The number of amides is 3. The van der Waals surface area contributed by atoms with E-state index in [2.05, 4.69) is 20.6 Å². The molecule has 2 aliphatic heterocycles. The van der Waals surface area contributed by atoms with Crippen LogP contribution < -0.4 is 31.6 Å². The molecule has 1 fully saturated rings. The zero-order chi connectivity index (χ0) is 22.8. The average Bonchev–Trinajstić information content (AvgIpc) is 2.78. The van der Waals surface area contributed by atoms with E-state index < -0.39 is 23.3 Å². The molecular weight excluding hydrogens is 416 g/mol. The minimum absolute atomic E-state index is 0.0669. The third kappa shape index (κ3) is 4.13. The summed E-state index contributed by atoms with van der Waals surface area (Å²) in [4.78, 5) is 58.6. The number of aromatic amines is 1. The van der Waals surface area contributed by atoms with Crippen molar-refractivity contribution in [3.8, 4) is 5.75 Å². The van der Waals surface area contributed by atoms with Gasteiger partial charge in [0.25, 0.3) is 5.56 Å². The van der Waals surface area contributed by atoms with Gasteiger partial charge in [0.2, 0.25) is 23.7 Å². The predicted molar refractivity (Wildman–Crippen MR) is 117 cm³/mol. The highest BCUT2D eigenvalue weighted by atomic mass is 16.5. The molecule has 11 heteroatoms. The van der Waals surface area contributed by atoms with E-state index in [1.54, 1.807) is 24.3 Å². The van der Waals surface area contributed by atoms with E-state index >= 15 is 0 Å². The van der Waals surface area contributed by atoms with Gasteiger partial charge in [-0.25, -0.2) is 0 Å². The molecule has 0 spiro atoms. The number of ether oxygens (including phenoxy) is 1.